The predicted molar refractivity (Wildman–Crippen MR) is 72.5 cm³/mol. The lowest BCUT2D eigenvalue weighted by atomic mass is 10.1. The summed E-state index contributed by atoms with van der Waals surface area (Å²) in [5, 5.41) is 11.8. The minimum absolute atomic E-state index is 0.0342. The number of aryl methyl sites for hydroxylation is 2. The van der Waals surface area contributed by atoms with Gasteiger partial charge in [-0.15, -0.1) is 0 Å². The summed E-state index contributed by atoms with van der Waals surface area (Å²) in [7, 11) is 1.68. The Kier molecular flexibility index (Phi) is 5.16. The van der Waals surface area contributed by atoms with E-state index in [4.69, 9.17) is 5.11 Å². The van der Waals surface area contributed by atoms with E-state index in [1.54, 1.807) is 14.0 Å². The molecule has 18 heavy (non-hydrogen) atoms. The monoisotopic (exact) mass is 250 g/mol. The number of urea groups is 1. The molecular formula is C14H22N2O2. The molecule has 0 saturated heterocycles. The number of carbonyl (C=O) groups is 1. The highest BCUT2D eigenvalue weighted by Crippen LogP contribution is 2.10. The zero-order chi connectivity index (χ0) is 13.7. The second-order valence-electron chi connectivity index (χ2n) is 4.73. The van der Waals surface area contributed by atoms with Crippen LogP contribution < -0.4 is 5.32 Å². The number of aliphatic hydroxyl groups excluding tert-OH is 1. The maximum absolute atomic E-state index is 11.8. The molecule has 0 heterocycles. The Morgan fingerprint density at radius 3 is 2.67 bits per heavy atom. The molecule has 0 aliphatic rings. The second-order valence-corrected chi connectivity index (χ2v) is 4.73. The van der Waals surface area contributed by atoms with Crippen LogP contribution in [0.5, 0.6) is 0 Å². The van der Waals surface area contributed by atoms with Gasteiger partial charge in [0.25, 0.3) is 0 Å². The minimum atomic E-state index is -0.177. The number of rotatable bonds is 4. The van der Waals surface area contributed by atoms with Gasteiger partial charge in [0.15, 0.2) is 0 Å². The average molecular weight is 250 g/mol. The highest BCUT2D eigenvalue weighted by molar-refractivity contribution is 5.74. The van der Waals surface area contributed by atoms with Gasteiger partial charge >= 0.3 is 6.03 Å². The molecule has 1 aromatic rings. The summed E-state index contributed by atoms with van der Waals surface area (Å²) in [5.41, 5.74) is 3.50. The van der Waals surface area contributed by atoms with Crippen LogP contribution in [0.2, 0.25) is 0 Å². The van der Waals surface area contributed by atoms with Gasteiger partial charge in [0.1, 0.15) is 0 Å². The van der Waals surface area contributed by atoms with Crippen LogP contribution in [0, 0.1) is 13.8 Å². The number of amides is 2. The van der Waals surface area contributed by atoms with Gasteiger partial charge in [-0.05, 0) is 31.9 Å². The lowest BCUT2D eigenvalue weighted by molar-refractivity contribution is 0.157. The normalized spacial score (nSPS) is 12.1. The lowest BCUT2D eigenvalue weighted by Crippen LogP contribution is -2.43. The van der Waals surface area contributed by atoms with Gasteiger partial charge in [0, 0.05) is 13.6 Å². The van der Waals surface area contributed by atoms with E-state index in [1.165, 1.54) is 16.0 Å². The van der Waals surface area contributed by atoms with Crippen LogP contribution in [0.25, 0.3) is 0 Å². The van der Waals surface area contributed by atoms with Crippen molar-refractivity contribution < 1.29 is 9.90 Å². The highest BCUT2D eigenvalue weighted by Gasteiger charge is 2.14. The number of nitrogens with one attached hydrogen (secondary N) is 1. The summed E-state index contributed by atoms with van der Waals surface area (Å²) < 4.78 is 0. The van der Waals surface area contributed by atoms with Gasteiger partial charge in [0.05, 0.1) is 12.6 Å². The van der Waals surface area contributed by atoms with Crippen molar-refractivity contribution in [2.24, 2.45) is 0 Å². The first-order valence-corrected chi connectivity index (χ1v) is 6.13. The SMILES string of the molecule is Cc1ccc(CNC(=O)N(C)C(C)CO)c(C)c1. The Morgan fingerprint density at radius 2 is 2.11 bits per heavy atom. The van der Waals surface area contributed by atoms with Crippen molar-refractivity contribution >= 4 is 6.03 Å². The van der Waals surface area contributed by atoms with Gasteiger partial charge in [-0.1, -0.05) is 23.8 Å². The number of aliphatic hydroxyl groups is 1. The van der Waals surface area contributed by atoms with E-state index in [1.807, 2.05) is 26.0 Å². The Morgan fingerprint density at radius 1 is 1.44 bits per heavy atom. The standard InChI is InChI=1S/C14H22N2O2/c1-10-5-6-13(11(2)7-10)8-15-14(18)16(4)12(3)9-17/h5-7,12,17H,8-9H2,1-4H3,(H,15,18). The first-order chi connectivity index (χ1) is 8.45. The summed E-state index contributed by atoms with van der Waals surface area (Å²) in [6.07, 6.45) is 0. The Balaban J connectivity index is 2.57. The predicted octanol–water partition coefficient (Wildman–Crippen LogP) is 1.83. The molecule has 4 nitrogen and oxygen atoms in total. The van der Waals surface area contributed by atoms with Gasteiger partial charge < -0.3 is 15.3 Å². The Bertz CT molecular complexity index is 418. The van der Waals surface area contributed by atoms with Crippen LogP contribution in [-0.4, -0.2) is 35.7 Å². The van der Waals surface area contributed by atoms with Crippen molar-refractivity contribution in [3.63, 3.8) is 0 Å². The summed E-state index contributed by atoms with van der Waals surface area (Å²) in [4.78, 5) is 13.3. The number of carbonyl (C=O) groups excluding carboxylic acids is 1. The maximum atomic E-state index is 11.8. The molecule has 1 atom stereocenters. The van der Waals surface area contributed by atoms with Gasteiger partial charge in [-0.25, -0.2) is 4.79 Å². The van der Waals surface area contributed by atoms with Crippen molar-refractivity contribution in [3.05, 3.63) is 34.9 Å². The molecule has 2 N–H and O–H groups in total. The molecule has 0 fully saturated rings. The van der Waals surface area contributed by atoms with E-state index in [9.17, 15) is 4.79 Å². The summed E-state index contributed by atoms with van der Waals surface area (Å²) in [5.74, 6) is 0. The fourth-order valence-corrected chi connectivity index (χ4v) is 1.66. The topological polar surface area (TPSA) is 52.6 Å². The fraction of sp³-hybridized carbons (Fsp3) is 0.500. The van der Waals surface area contributed by atoms with E-state index in [0.717, 1.165) is 5.56 Å². The van der Waals surface area contributed by atoms with Gasteiger partial charge in [-0.3, -0.25) is 0 Å². The molecule has 0 aliphatic heterocycles. The van der Waals surface area contributed by atoms with E-state index in [0.29, 0.717) is 6.54 Å². The third kappa shape index (κ3) is 3.74. The first-order valence-electron chi connectivity index (χ1n) is 6.13. The molecule has 1 rings (SSSR count). The number of likely N-dealkylation sites (N-methyl/N-ethyl adjacent to an activating group) is 1. The fourth-order valence-electron chi connectivity index (χ4n) is 1.66. The molecule has 2 amide bonds. The number of hydrogen-bond acceptors (Lipinski definition) is 2. The molecule has 0 aliphatic carbocycles. The van der Waals surface area contributed by atoms with Crippen LogP contribution in [0.3, 0.4) is 0 Å². The molecule has 100 valence electrons. The molecule has 0 aromatic heterocycles. The quantitative estimate of drug-likeness (QED) is 0.856. The molecule has 1 aromatic carbocycles. The van der Waals surface area contributed by atoms with Crippen LogP contribution in [0.4, 0.5) is 4.79 Å². The van der Waals surface area contributed by atoms with E-state index >= 15 is 0 Å². The third-order valence-corrected chi connectivity index (χ3v) is 3.17. The summed E-state index contributed by atoms with van der Waals surface area (Å²) >= 11 is 0. The zero-order valence-corrected chi connectivity index (χ0v) is 11.5. The lowest BCUT2D eigenvalue weighted by Gasteiger charge is -2.23. The molecule has 4 heteroatoms. The molecule has 0 radical (unpaired) electrons. The Hall–Kier alpha value is -1.55. The third-order valence-electron chi connectivity index (χ3n) is 3.17. The highest BCUT2D eigenvalue weighted by atomic mass is 16.3. The second kappa shape index (κ2) is 6.40. The van der Waals surface area contributed by atoms with Gasteiger partial charge in [0.2, 0.25) is 0 Å². The van der Waals surface area contributed by atoms with Crippen molar-refractivity contribution in [1.29, 1.82) is 0 Å². The number of hydrogen-bond donors (Lipinski definition) is 2. The largest absolute Gasteiger partial charge is 0.394 e. The van der Waals surface area contributed by atoms with E-state index in [2.05, 4.69) is 11.4 Å². The molecule has 1 unspecified atom stereocenters. The molecule has 0 spiro atoms. The molecular weight excluding hydrogens is 228 g/mol. The minimum Gasteiger partial charge on any atom is -0.394 e. The van der Waals surface area contributed by atoms with E-state index < -0.39 is 0 Å². The smallest absolute Gasteiger partial charge is 0.317 e. The average Bonchev–Trinajstić information content (AvgIpc) is 2.35. The van der Waals surface area contributed by atoms with Crippen LogP contribution in [-0.2, 0) is 6.54 Å². The van der Waals surface area contributed by atoms with Gasteiger partial charge in [-0.2, -0.15) is 0 Å². The van der Waals surface area contributed by atoms with Crippen molar-refractivity contribution in [2.45, 2.75) is 33.4 Å². The van der Waals surface area contributed by atoms with Crippen LogP contribution >= 0.6 is 0 Å². The first kappa shape index (κ1) is 14.5. The summed E-state index contributed by atoms with van der Waals surface area (Å²) in [6.45, 7) is 6.36. The van der Waals surface area contributed by atoms with Crippen LogP contribution in [0.1, 0.15) is 23.6 Å². The van der Waals surface area contributed by atoms with Crippen LogP contribution in [0.15, 0.2) is 18.2 Å². The number of nitrogens with zero attached hydrogens (tertiary/aromatic N) is 1. The zero-order valence-electron chi connectivity index (χ0n) is 11.5. The Labute approximate surface area is 109 Å². The molecule has 0 bridgehead atoms. The summed E-state index contributed by atoms with van der Waals surface area (Å²) in [6, 6.07) is 5.82. The number of benzene rings is 1. The van der Waals surface area contributed by atoms with Crippen molar-refractivity contribution in [3.8, 4) is 0 Å². The van der Waals surface area contributed by atoms with Crippen molar-refractivity contribution in [2.75, 3.05) is 13.7 Å². The van der Waals surface area contributed by atoms with E-state index in [-0.39, 0.29) is 18.7 Å². The van der Waals surface area contributed by atoms with Crippen molar-refractivity contribution in [1.82, 2.24) is 10.2 Å². The maximum Gasteiger partial charge on any atom is 0.317 e. The molecule has 0 saturated carbocycles.